The first-order chi connectivity index (χ1) is 15.2. The van der Waals surface area contributed by atoms with Crippen molar-refractivity contribution in [1.82, 2.24) is 5.43 Å². The van der Waals surface area contributed by atoms with Crippen LogP contribution in [-0.2, 0) is 4.79 Å². The van der Waals surface area contributed by atoms with Crippen LogP contribution in [0.5, 0.6) is 11.5 Å². The number of rotatable bonds is 7. The maximum atomic E-state index is 12.3. The highest BCUT2D eigenvalue weighted by atomic mass is 79.9. The molecule has 1 amide bonds. The lowest BCUT2D eigenvalue weighted by Crippen LogP contribution is -2.24. The molecule has 0 fully saturated rings. The summed E-state index contributed by atoms with van der Waals surface area (Å²) in [5.74, 6) is -0.401. The number of halogens is 5. The molecule has 3 aromatic rings. The normalized spacial score (nSPS) is 10.9. The Morgan fingerprint density at radius 3 is 2.22 bits per heavy atom. The summed E-state index contributed by atoms with van der Waals surface area (Å²) in [6, 6.07) is 10.1. The predicted molar refractivity (Wildman–Crippen MR) is 136 cm³/mol. The molecule has 0 saturated heterocycles. The molecule has 7 nitrogen and oxygen atoms in total. The number of hydrogen-bond donors (Lipinski definition) is 1. The Kier molecular flexibility index (Phi) is 9.12. The van der Waals surface area contributed by atoms with E-state index in [1.165, 1.54) is 18.5 Å². The van der Waals surface area contributed by atoms with Gasteiger partial charge >= 0.3 is 5.97 Å². The first-order valence-electron chi connectivity index (χ1n) is 8.58. The van der Waals surface area contributed by atoms with Crippen LogP contribution in [0.1, 0.15) is 16.1 Å². The number of hydrogen-bond acceptors (Lipinski definition) is 6. The van der Waals surface area contributed by atoms with Gasteiger partial charge in [0.2, 0.25) is 5.76 Å². The highest BCUT2D eigenvalue weighted by molar-refractivity contribution is 9.12. The van der Waals surface area contributed by atoms with E-state index in [1.54, 1.807) is 30.3 Å². The van der Waals surface area contributed by atoms with Crippen LogP contribution in [-0.4, -0.2) is 24.7 Å². The second-order valence-electron chi connectivity index (χ2n) is 5.95. The molecule has 1 heterocycles. The minimum atomic E-state index is -0.671. The third-order valence-corrected chi connectivity index (χ3v) is 6.34. The van der Waals surface area contributed by atoms with Gasteiger partial charge in [-0.1, -0.05) is 31.9 Å². The quantitative estimate of drug-likeness (QED) is 0.123. The number of nitrogens with zero attached hydrogens (tertiary/aromatic N) is 1. The Hall–Kier alpha value is -1.47. The van der Waals surface area contributed by atoms with E-state index in [1.807, 2.05) is 0 Å². The van der Waals surface area contributed by atoms with Crippen LogP contribution in [0, 0.1) is 0 Å². The number of furan rings is 1. The summed E-state index contributed by atoms with van der Waals surface area (Å²) in [5.41, 5.74) is 2.81. The third kappa shape index (κ3) is 6.77. The Balaban J connectivity index is 1.67. The molecule has 0 aliphatic heterocycles. The molecule has 0 bridgehead atoms. The number of carbonyl (C=O) groups excluding carboxylic acids is 2. The van der Waals surface area contributed by atoms with Crippen LogP contribution in [0.3, 0.4) is 0 Å². The Bertz CT molecular complexity index is 1160. The van der Waals surface area contributed by atoms with Crippen LogP contribution < -0.4 is 14.9 Å². The van der Waals surface area contributed by atoms with E-state index < -0.39 is 11.9 Å². The van der Waals surface area contributed by atoms with Crippen LogP contribution in [0.4, 0.5) is 0 Å². The third-order valence-electron chi connectivity index (χ3n) is 3.66. The molecular weight excluding hydrogens is 748 g/mol. The van der Waals surface area contributed by atoms with Gasteiger partial charge in [-0.05, 0) is 84.2 Å². The maximum absolute atomic E-state index is 12.3. The van der Waals surface area contributed by atoms with Crippen LogP contribution >= 0.6 is 79.6 Å². The predicted octanol–water partition coefficient (Wildman–Crippen LogP) is 6.84. The lowest BCUT2D eigenvalue weighted by molar-refractivity contribution is -0.123. The summed E-state index contributed by atoms with van der Waals surface area (Å²) in [6.07, 6.45) is 2.72. The van der Waals surface area contributed by atoms with Crippen molar-refractivity contribution in [2.45, 2.75) is 0 Å². The minimum Gasteiger partial charge on any atom is -0.481 e. The van der Waals surface area contributed by atoms with Gasteiger partial charge in [-0.15, -0.1) is 0 Å². The van der Waals surface area contributed by atoms with Gasteiger partial charge in [-0.2, -0.15) is 5.10 Å². The fourth-order valence-corrected chi connectivity index (χ4v) is 6.16. The molecule has 0 aliphatic carbocycles. The Morgan fingerprint density at radius 1 is 0.969 bits per heavy atom. The zero-order valence-corrected chi connectivity index (χ0v) is 23.6. The van der Waals surface area contributed by atoms with E-state index in [-0.39, 0.29) is 18.1 Å². The van der Waals surface area contributed by atoms with Gasteiger partial charge in [0, 0.05) is 14.5 Å². The minimum absolute atomic E-state index is 0.0541. The molecule has 0 atom stereocenters. The summed E-state index contributed by atoms with van der Waals surface area (Å²) < 4.78 is 19.5. The lowest BCUT2D eigenvalue weighted by atomic mass is 10.2. The molecule has 166 valence electrons. The highest BCUT2D eigenvalue weighted by Crippen LogP contribution is 2.36. The summed E-state index contributed by atoms with van der Waals surface area (Å²) in [5, 5.41) is 3.93. The molecular formula is C20H11Br5N2O5. The summed E-state index contributed by atoms with van der Waals surface area (Å²) in [4.78, 5) is 24.4. The van der Waals surface area contributed by atoms with Crippen molar-refractivity contribution < 1.29 is 23.5 Å². The van der Waals surface area contributed by atoms with Crippen molar-refractivity contribution in [2.24, 2.45) is 5.10 Å². The fraction of sp³-hybridized carbons (Fsp3) is 0.0500. The molecule has 1 N–H and O–H groups in total. The average Bonchev–Trinajstić information content (AvgIpc) is 3.24. The maximum Gasteiger partial charge on any atom is 0.379 e. The van der Waals surface area contributed by atoms with Crippen LogP contribution in [0.15, 0.2) is 74.5 Å². The molecule has 0 unspecified atom stereocenters. The van der Waals surface area contributed by atoms with Crippen LogP contribution in [0.25, 0.3) is 0 Å². The van der Waals surface area contributed by atoms with E-state index in [4.69, 9.17) is 13.9 Å². The van der Waals surface area contributed by atoms with Crippen molar-refractivity contribution in [1.29, 1.82) is 0 Å². The first kappa shape index (κ1) is 25.2. The van der Waals surface area contributed by atoms with E-state index >= 15 is 0 Å². The van der Waals surface area contributed by atoms with Crippen molar-refractivity contribution in [2.75, 3.05) is 6.61 Å². The molecule has 32 heavy (non-hydrogen) atoms. The summed E-state index contributed by atoms with van der Waals surface area (Å²) in [7, 11) is 0. The number of carbonyl (C=O) groups is 2. The number of esters is 1. The zero-order valence-electron chi connectivity index (χ0n) is 15.7. The number of benzene rings is 2. The summed E-state index contributed by atoms with van der Waals surface area (Å²) in [6.45, 7) is -0.265. The largest absolute Gasteiger partial charge is 0.481 e. The molecule has 0 saturated carbocycles. The molecule has 0 radical (unpaired) electrons. The smallest absolute Gasteiger partial charge is 0.379 e. The number of amides is 1. The topological polar surface area (TPSA) is 90.1 Å². The number of hydrazone groups is 1. The van der Waals surface area contributed by atoms with Gasteiger partial charge in [0.25, 0.3) is 5.91 Å². The van der Waals surface area contributed by atoms with Crippen molar-refractivity contribution >= 4 is 97.7 Å². The highest BCUT2D eigenvalue weighted by Gasteiger charge is 2.17. The second-order valence-corrected chi connectivity index (χ2v) is 10.3. The molecule has 2 aromatic carbocycles. The Morgan fingerprint density at radius 2 is 1.59 bits per heavy atom. The standard InChI is InChI=1S/C20H11Br5N2O5/c21-11-4-10(18(13(23)5-11)32-20(29)16-2-1-3-30-16)8-26-27-17(28)9-31-19-14(24)6-12(22)7-15(19)25/h1-8H,9H2,(H,27,28)/b26-8+. The molecule has 1 aromatic heterocycles. The van der Waals surface area contributed by atoms with Gasteiger partial charge in [-0.3, -0.25) is 4.79 Å². The SMILES string of the molecule is O=C(COc1c(Br)cc(Br)cc1Br)N/N=C/c1cc(Br)cc(Br)c1OC(=O)c1ccco1. The van der Waals surface area contributed by atoms with Gasteiger partial charge in [0.15, 0.2) is 12.4 Å². The second kappa shape index (κ2) is 11.6. The number of ether oxygens (including phenoxy) is 2. The van der Waals surface area contributed by atoms with Gasteiger partial charge in [-0.25, -0.2) is 10.2 Å². The van der Waals surface area contributed by atoms with Crippen molar-refractivity contribution in [3.63, 3.8) is 0 Å². The van der Waals surface area contributed by atoms with E-state index in [0.29, 0.717) is 29.2 Å². The van der Waals surface area contributed by atoms with E-state index in [0.717, 1.165) is 4.47 Å². The molecule has 12 heteroatoms. The van der Waals surface area contributed by atoms with Crippen molar-refractivity contribution in [3.8, 4) is 11.5 Å². The average molecular weight is 759 g/mol. The van der Waals surface area contributed by atoms with Gasteiger partial charge in [0.05, 0.1) is 25.9 Å². The monoisotopic (exact) mass is 754 g/mol. The fourth-order valence-electron chi connectivity index (χ4n) is 2.33. The van der Waals surface area contributed by atoms with Gasteiger partial charge < -0.3 is 13.9 Å². The van der Waals surface area contributed by atoms with Crippen molar-refractivity contribution in [3.05, 3.63) is 76.3 Å². The summed E-state index contributed by atoms with van der Waals surface area (Å²) >= 11 is 16.9. The molecule has 0 aliphatic rings. The molecule has 0 spiro atoms. The Labute approximate surface area is 224 Å². The number of nitrogens with one attached hydrogen (secondary N) is 1. The molecule has 3 rings (SSSR count). The van der Waals surface area contributed by atoms with E-state index in [2.05, 4.69) is 90.2 Å². The van der Waals surface area contributed by atoms with E-state index in [9.17, 15) is 9.59 Å². The van der Waals surface area contributed by atoms with Gasteiger partial charge in [0.1, 0.15) is 5.75 Å². The lowest BCUT2D eigenvalue weighted by Gasteiger charge is -2.10. The zero-order chi connectivity index (χ0) is 23.3. The van der Waals surface area contributed by atoms with Crippen LogP contribution in [0.2, 0.25) is 0 Å². The first-order valence-corrected chi connectivity index (χ1v) is 12.5.